The molecule has 0 aliphatic carbocycles. The Morgan fingerprint density at radius 1 is 1.40 bits per heavy atom. The molecule has 0 aliphatic heterocycles. The Bertz CT molecular complexity index is 1050. The largest absolute Gasteiger partial charge is 0.358 e. The van der Waals surface area contributed by atoms with Gasteiger partial charge in [0.25, 0.3) is 5.91 Å². The zero-order valence-electron chi connectivity index (χ0n) is 13.2. The van der Waals surface area contributed by atoms with Gasteiger partial charge in [-0.25, -0.2) is 4.39 Å². The Balaban J connectivity index is 1.53. The molecule has 0 aliphatic rings. The summed E-state index contributed by atoms with van der Waals surface area (Å²) in [6, 6.07) is 8.10. The monoisotopic (exact) mass is 356 g/mol. The van der Waals surface area contributed by atoms with E-state index in [-0.39, 0.29) is 12.5 Å². The molecule has 6 nitrogen and oxygen atoms in total. The van der Waals surface area contributed by atoms with E-state index in [2.05, 4.69) is 20.4 Å². The summed E-state index contributed by atoms with van der Waals surface area (Å²) in [5, 5.41) is 9.10. The van der Waals surface area contributed by atoms with E-state index in [1.165, 1.54) is 23.5 Å². The van der Waals surface area contributed by atoms with E-state index in [1.54, 1.807) is 13.0 Å². The third-order valence-corrected chi connectivity index (χ3v) is 4.65. The average molecular weight is 356 g/mol. The molecule has 1 aromatic carbocycles. The number of H-pyrrole nitrogens is 1. The van der Waals surface area contributed by atoms with Gasteiger partial charge >= 0.3 is 0 Å². The summed E-state index contributed by atoms with van der Waals surface area (Å²) in [6.45, 7) is 1.87. The number of benzene rings is 1. The van der Waals surface area contributed by atoms with Gasteiger partial charge in [0.15, 0.2) is 0 Å². The summed E-state index contributed by atoms with van der Waals surface area (Å²) in [6.07, 6.45) is 0. The van der Waals surface area contributed by atoms with E-state index in [1.807, 2.05) is 17.5 Å². The molecule has 0 atom stereocenters. The van der Waals surface area contributed by atoms with Crippen LogP contribution < -0.4 is 5.32 Å². The van der Waals surface area contributed by atoms with E-state index in [0.717, 1.165) is 4.88 Å². The summed E-state index contributed by atoms with van der Waals surface area (Å²) in [5.74, 6) is 0.0771. The van der Waals surface area contributed by atoms with Gasteiger partial charge in [0, 0.05) is 16.6 Å². The van der Waals surface area contributed by atoms with Crippen LogP contribution in [0.1, 0.15) is 21.9 Å². The van der Waals surface area contributed by atoms with Crippen molar-refractivity contribution in [3.8, 4) is 10.7 Å². The van der Waals surface area contributed by atoms with E-state index in [4.69, 9.17) is 4.52 Å². The maximum atomic E-state index is 13.5. The molecule has 126 valence electrons. The van der Waals surface area contributed by atoms with Crippen LogP contribution in [0.3, 0.4) is 0 Å². The molecule has 0 radical (unpaired) electrons. The molecule has 4 aromatic rings. The van der Waals surface area contributed by atoms with Crippen LogP contribution in [0, 0.1) is 12.7 Å². The molecule has 0 spiro atoms. The first-order chi connectivity index (χ1) is 12.1. The SMILES string of the molecule is Cc1[nH]c2ccc(F)cc2c1C(=O)NCc1nc(-c2cccs2)no1. The number of carbonyl (C=O) groups excluding carboxylic acids is 1. The van der Waals surface area contributed by atoms with Crippen molar-refractivity contribution in [3.05, 3.63) is 58.7 Å². The summed E-state index contributed by atoms with van der Waals surface area (Å²) in [5.41, 5.74) is 1.79. The van der Waals surface area contributed by atoms with Crippen LogP contribution in [0.15, 0.2) is 40.2 Å². The maximum absolute atomic E-state index is 13.5. The Hall–Kier alpha value is -3.00. The number of thiophene rings is 1. The van der Waals surface area contributed by atoms with Gasteiger partial charge in [-0.05, 0) is 36.6 Å². The predicted octanol–water partition coefficient (Wildman–Crippen LogP) is 3.66. The molecule has 0 saturated heterocycles. The third-order valence-electron chi connectivity index (χ3n) is 3.79. The van der Waals surface area contributed by atoms with Crippen LogP contribution in [-0.4, -0.2) is 21.0 Å². The van der Waals surface area contributed by atoms with Gasteiger partial charge < -0.3 is 14.8 Å². The molecule has 3 heterocycles. The van der Waals surface area contributed by atoms with E-state index < -0.39 is 5.82 Å². The molecule has 0 fully saturated rings. The normalized spacial score (nSPS) is 11.1. The van der Waals surface area contributed by atoms with Crippen LogP contribution in [0.5, 0.6) is 0 Å². The van der Waals surface area contributed by atoms with E-state index in [9.17, 15) is 9.18 Å². The number of halogens is 1. The second-order valence-corrected chi connectivity index (χ2v) is 6.43. The van der Waals surface area contributed by atoms with Crippen LogP contribution >= 0.6 is 11.3 Å². The van der Waals surface area contributed by atoms with Crippen LogP contribution in [0.4, 0.5) is 4.39 Å². The minimum atomic E-state index is -0.391. The van der Waals surface area contributed by atoms with Crippen molar-refractivity contribution in [2.75, 3.05) is 0 Å². The summed E-state index contributed by atoms with van der Waals surface area (Å²) >= 11 is 1.50. The fraction of sp³-hybridized carbons (Fsp3) is 0.118. The first kappa shape index (κ1) is 15.5. The fourth-order valence-corrected chi connectivity index (χ4v) is 3.32. The quantitative estimate of drug-likeness (QED) is 0.584. The number of carbonyl (C=O) groups is 1. The number of nitrogens with one attached hydrogen (secondary N) is 2. The number of rotatable bonds is 4. The van der Waals surface area contributed by atoms with Gasteiger partial charge in [-0.1, -0.05) is 11.2 Å². The van der Waals surface area contributed by atoms with Crippen LogP contribution in [0.25, 0.3) is 21.6 Å². The van der Waals surface area contributed by atoms with Gasteiger partial charge in [-0.2, -0.15) is 4.98 Å². The second kappa shape index (κ2) is 6.14. The maximum Gasteiger partial charge on any atom is 0.254 e. The van der Waals surface area contributed by atoms with Crippen molar-refractivity contribution in [1.82, 2.24) is 20.4 Å². The van der Waals surface area contributed by atoms with Gasteiger partial charge in [0.05, 0.1) is 17.0 Å². The average Bonchev–Trinajstić information content (AvgIpc) is 3.31. The van der Waals surface area contributed by atoms with Crippen LogP contribution in [-0.2, 0) is 6.54 Å². The summed E-state index contributed by atoms with van der Waals surface area (Å²) in [4.78, 5) is 20.7. The Morgan fingerprint density at radius 3 is 3.08 bits per heavy atom. The smallest absolute Gasteiger partial charge is 0.254 e. The highest BCUT2D eigenvalue weighted by Gasteiger charge is 2.17. The van der Waals surface area contributed by atoms with E-state index in [0.29, 0.717) is 33.9 Å². The van der Waals surface area contributed by atoms with Crippen molar-refractivity contribution in [1.29, 1.82) is 0 Å². The number of aryl methyl sites for hydroxylation is 1. The molecular weight excluding hydrogens is 343 g/mol. The first-order valence-corrected chi connectivity index (χ1v) is 8.42. The number of amides is 1. The number of hydrogen-bond donors (Lipinski definition) is 2. The number of aromatic amines is 1. The first-order valence-electron chi connectivity index (χ1n) is 7.54. The predicted molar refractivity (Wildman–Crippen MR) is 91.8 cm³/mol. The van der Waals surface area contributed by atoms with E-state index >= 15 is 0 Å². The van der Waals surface area contributed by atoms with Crippen molar-refractivity contribution >= 4 is 28.1 Å². The topological polar surface area (TPSA) is 83.8 Å². The molecule has 2 N–H and O–H groups in total. The second-order valence-electron chi connectivity index (χ2n) is 5.49. The minimum absolute atomic E-state index is 0.0959. The highest BCUT2D eigenvalue weighted by molar-refractivity contribution is 7.13. The van der Waals surface area contributed by atoms with Crippen molar-refractivity contribution in [3.63, 3.8) is 0 Å². The summed E-state index contributed by atoms with van der Waals surface area (Å²) < 4.78 is 18.7. The lowest BCUT2D eigenvalue weighted by Crippen LogP contribution is -2.23. The fourth-order valence-electron chi connectivity index (χ4n) is 2.67. The molecule has 25 heavy (non-hydrogen) atoms. The number of hydrogen-bond acceptors (Lipinski definition) is 5. The molecule has 8 heteroatoms. The van der Waals surface area contributed by atoms with Gasteiger partial charge in [0.2, 0.25) is 11.7 Å². The van der Waals surface area contributed by atoms with Gasteiger partial charge in [-0.3, -0.25) is 4.79 Å². The number of fused-ring (bicyclic) bond motifs is 1. The zero-order valence-corrected chi connectivity index (χ0v) is 14.0. The van der Waals surface area contributed by atoms with Crippen LogP contribution in [0.2, 0.25) is 0 Å². The highest BCUT2D eigenvalue weighted by atomic mass is 32.1. The molecule has 3 aromatic heterocycles. The molecule has 0 bridgehead atoms. The lowest BCUT2D eigenvalue weighted by molar-refractivity contribution is 0.0947. The summed E-state index contributed by atoms with van der Waals surface area (Å²) in [7, 11) is 0. The molecule has 4 rings (SSSR count). The highest BCUT2D eigenvalue weighted by Crippen LogP contribution is 2.23. The van der Waals surface area contributed by atoms with Gasteiger partial charge in [0.1, 0.15) is 5.82 Å². The van der Waals surface area contributed by atoms with Gasteiger partial charge in [-0.15, -0.1) is 11.3 Å². The number of nitrogens with zero attached hydrogens (tertiary/aromatic N) is 2. The van der Waals surface area contributed by atoms with Crippen molar-refractivity contribution < 1.29 is 13.7 Å². The molecule has 0 unspecified atom stereocenters. The Labute approximate surface area is 145 Å². The number of aromatic nitrogens is 3. The lowest BCUT2D eigenvalue weighted by atomic mass is 10.1. The molecular formula is C17H13FN4O2S. The van der Waals surface area contributed by atoms with Crippen molar-refractivity contribution in [2.45, 2.75) is 13.5 Å². The van der Waals surface area contributed by atoms with Crippen molar-refractivity contribution in [2.24, 2.45) is 0 Å². The Kier molecular flexibility index (Phi) is 3.81. The third kappa shape index (κ3) is 2.91. The zero-order chi connectivity index (χ0) is 17.4. The molecule has 1 amide bonds. The standard InChI is InChI=1S/C17H13FN4O2S/c1-9-15(11-7-10(18)4-5-12(11)20-9)17(23)19-8-14-21-16(22-24-14)13-3-2-6-25-13/h2-7,20H,8H2,1H3,(H,19,23). The molecule has 0 saturated carbocycles. The lowest BCUT2D eigenvalue weighted by Gasteiger charge is -2.02. The minimum Gasteiger partial charge on any atom is -0.358 e. The Morgan fingerprint density at radius 2 is 2.28 bits per heavy atom.